The van der Waals surface area contributed by atoms with E-state index in [0.717, 1.165) is 12.8 Å². The molecule has 0 heterocycles. The second kappa shape index (κ2) is 16.2. The molecule has 0 aliphatic rings. The van der Waals surface area contributed by atoms with Crippen LogP contribution in [0.25, 0.3) is 0 Å². The molecule has 0 aromatic carbocycles. The summed E-state index contributed by atoms with van der Waals surface area (Å²) in [5.41, 5.74) is 1.66. The highest BCUT2D eigenvalue weighted by atomic mass is 16.5. The SMILES string of the molecule is CCCCCCCC=CCCCCCCCC(=O)NO. The molecule has 3 heteroatoms. The normalized spacial score (nSPS) is 11.1. The highest BCUT2D eigenvalue weighted by molar-refractivity contribution is 5.74. The van der Waals surface area contributed by atoms with Gasteiger partial charge in [0.05, 0.1) is 0 Å². The molecule has 0 rings (SSSR count). The predicted octanol–water partition coefficient (Wildman–Crippen LogP) is 5.14. The minimum absolute atomic E-state index is 0.271. The van der Waals surface area contributed by atoms with Crippen molar-refractivity contribution in [2.75, 3.05) is 0 Å². The van der Waals surface area contributed by atoms with Crippen LogP contribution >= 0.6 is 0 Å². The smallest absolute Gasteiger partial charge is 0.243 e. The van der Waals surface area contributed by atoms with E-state index in [2.05, 4.69) is 19.1 Å². The number of carbonyl (C=O) groups is 1. The van der Waals surface area contributed by atoms with Gasteiger partial charge in [0.1, 0.15) is 0 Å². The van der Waals surface area contributed by atoms with Gasteiger partial charge in [-0.1, -0.05) is 64.0 Å². The van der Waals surface area contributed by atoms with Crippen LogP contribution in [0, 0.1) is 0 Å². The van der Waals surface area contributed by atoms with E-state index in [-0.39, 0.29) is 5.91 Å². The van der Waals surface area contributed by atoms with Gasteiger partial charge >= 0.3 is 0 Å². The molecule has 0 fully saturated rings. The maximum atomic E-state index is 10.8. The fourth-order valence-electron chi connectivity index (χ4n) is 2.24. The molecule has 0 atom stereocenters. The zero-order valence-corrected chi connectivity index (χ0v) is 13.2. The second-order valence-electron chi connectivity index (χ2n) is 5.52. The lowest BCUT2D eigenvalue weighted by atomic mass is 10.1. The van der Waals surface area contributed by atoms with Crippen molar-refractivity contribution in [2.24, 2.45) is 0 Å². The highest BCUT2D eigenvalue weighted by Gasteiger charge is 1.97. The molecule has 0 spiro atoms. The van der Waals surface area contributed by atoms with Gasteiger partial charge in [-0.2, -0.15) is 0 Å². The predicted molar refractivity (Wildman–Crippen MR) is 84.8 cm³/mol. The molecule has 0 aromatic heterocycles. The maximum absolute atomic E-state index is 10.8. The van der Waals surface area contributed by atoms with E-state index >= 15 is 0 Å². The van der Waals surface area contributed by atoms with Gasteiger partial charge in [0.15, 0.2) is 0 Å². The molecular weight excluding hydrogens is 250 g/mol. The van der Waals surface area contributed by atoms with Gasteiger partial charge in [-0.25, -0.2) is 5.48 Å². The van der Waals surface area contributed by atoms with Crippen LogP contribution in [0.15, 0.2) is 12.2 Å². The molecule has 0 saturated heterocycles. The van der Waals surface area contributed by atoms with Crippen molar-refractivity contribution < 1.29 is 10.0 Å². The molecule has 3 nitrogen and oxygen atoms in total. The monoisotopic (exact) mass is 283 g/mol. The van der Waals surface area contributed by atoms with Crippen molar-refractivity contribution >= 4 is 5.91 Å². The molecule has 0 unspecified atom stereocenters. The van der Waals surface area contributed by atoms with E-state index in [1.54, 1.807) is 5.48 Å². The Morgan fingerprint density at radius 1 is 0.850 bits per heavy atom. The maximum Gasteiger partial charge on any atom is 0.243 e. The Morgan fingerprint density at radius 2 is 1.35 bits per heavy atom. The van der Waals surface area contributed by atoms with Crippen molar-refractivity contribution in [1.29, 1.82) is 0 Å². The summed E-state index contributed by atoms with van der Waals surface area (Å²) in [6.07, 6.45) is 19.9. The third-order valence-electron chi connectivity index (χ3n) is 3.54. The molecule has 0 bridgehead atoms. The molecule has 20 heavy (non-hydrogen) atoms. The first-order valence-corrected chi connectivity index (χ1v) is 8.39. The summed E-state index contributed by atoms with van der Waals surface area (Å²) in [4.78, 5) is 10.8. The van der Waals surface area contributed by atoms with Crippen LogP contribution in [0.2, 0.25) is 0 Å². The number of amides is 1. The van der Waals surface area contributed by atoms with Crippen LogP contribution in [-0.2, 0) is 4.79 Å². The van der Waals surface area contributed by atoms with E-state index in [1.807, 2.05) is 0 Å². The highest BCUT2D eigenvalue weighted by Crippen LogP contribution is 2.09. The molecule has 0 aliphatic heterocycles. The average Bonchev–Trinajstić information content (AvgIpc) is 2.47. The molecule has 118 valence electrons. The largest absolute Gasteiger partial charge is 0.289 e. The topological polar surface area (TPSA) is 49.3 Å². The summed E-state index contributed by atoms with van der Waals surface area (Å²) in [7, 11) is 0. The zero-order chi connectivity index (χ0) is 14.9. The first kappa shape index (κ1) is 19.2. The van der Waals surface area contributed by atoms with E-state index in [9.17, 15) is 4.79 Å². The number of allylic oxidation sites excluding steroid dienone is 2. The van der Waals surface area contributed by atoms with Gasteiger partial charge in [-0.15, -0.1) is 0 Å². The quantitative estimate of drug-likeness (QED) is 0.201. The van der Waals surface area contributed by atoms with E-state index in [0.29, 0.717) is 6.42 Å². The van der Waals surface area contributed by atoms with Crippen molar-refractivity contribution in [2.45, 2.75) is 90.4 Å². The lowest BCUT2D eigenvalue weighted by Gasteiger charge is -2.00. The number of hydrogen-bond acceptors (Lipinski definition) is 2. The molecule has 0 aromatic rings. The zero-order valence-electron chi connectivity index (χ0n) is 13.2. The molecule has 0 radical (unpaired) electrons. The lowest BCUT2D eigenvalue weighted by Crippen LogP contribution is -2.17. The fraction of sp³-hybridized carbons (Fsp3) is 0.824. The molecule has 2 N–H and O–H groups in total. The lowest BCUT2D eigenvalue weighted by molar-refractivity contribution is -0.129. The Bertz CT molecular complexity index is 239. The molecule has 0 aliphatic carbocycles. The van der Waals surface area contributed by atoms with E-state index in [1.165, 1.54) is 64.2 Å². The average molecular weight is 283 g/mol. The summed E-state index contributed by atoms with van der Waals surface area (Å²) >= 11 is 0. The van der Waals surface area contributed by atoms with Crippen molar-refractivity contribution in [3.8, 4) is 0 Å². The van der Waals surface area contributed by atoms with Gasteiger partial charge in [0.2, 0.25) is 5.91 Å². The third-order valence-corrected chi connectivity index (χ3v) is 3.54. The van der Waals surface area contributed by atoms with Gasteiger partial charge < -0.3 is 0 Å². The second-order valence-corrected chi connectivity index (χ2v) is 5.52. The third kappa shape index (κ3) is 15.2. The van der Waals surface area contributed by atoms with Crippen molar-refractivity contribution in [3.63, 3.8) is 0 Å². The van der Waals surface area contributed by atoms with Gasteiger partial charge in [0, 0.05) is 6.42 Å². The Kier molecular flexibility index (Phi) is 15.6. The standard InChI is InChI=1S/C17H33NO2/c1-2-3-4-5-6-7-8-9-10-11-12-13-14-15-16-17(19)18-20/h8-9,20H,2-7,10-16H2,1H3,(H,18,19). The minimum atomic E-state index is -0.271. The Morgan fingerprint density at radius 3 is 1.90 bits per heavy atom. The summed E-state index contributed by atoms with van der Waals surface area (Å²) < 4.78 is 0. The Balaban J connectivity index is 3.10. The molecule has 1 amide bonds. The number of nitrogens with one attached hydrogen (secondary N) is 1. The van der Waals surface area contributed by atoms with Crippen molar-refractivity contribution in [1.82, 2.24) is 5.48 Å². The van der Waals surface area contributed by atoms with E-state index in [4.69, 9.17) is 5.21 Å². The summed E-state index contributed by atoms with van der Waals surface area (Å²) in [6.45, 7) is 2.25. The van der Waals surface area contributed by atoms with Gasteiger partial charge in [-0.3, -0.25) is 10.0 Å². The minimum Gasteiger partial charge on any atom is -0.289 e. The Hall–Kier alpha value is -0.830. The Labute approximate surface area is 124 Å². The van der Waals surface area contributed by atoms with Crippen LogP contribution in [0.1, 0.15) is 90.4 Å². The summed E-state index contributed by atoms with van der Waals surface area (Å²) in [5, 5.41) is 8.33. The number of unbranched alkanes of at least 4 members (excludes halogenated alkanes) is 10. The van der Waals surface area contributed by atoms with Crippen LogP contribution in [0.5, 0.6) is 0 Å². The first-order chi connectivity index (χ1) is 9.81. The van der Waals surface area contributed by atoms with Crippen LogP contribution in [-0.4, -0.2) is 11.1 Å². The summed E-state index contributed by atoms with van der Waals surface area (Å²) in [6, 6.07) is 0. The summed E-state index contributed by atoms with van der Waals surface area (Å²) in [5.74, 6) is -0.271. The van der Waals surface area contributed by atoms with Crippen molar-refractivity contribution in [3.05, 3.63) is 12.2 Å². The van der Waals surface area contributed by atoms with Crippen LogP contribution in [0.3, 0.4) is 0 Å². The van der Waals surface area contributed by atoms with Crippen LogP contribution in [0.4, 0.5) is 0 Å². The number of rotatable bonds is 14. The number of carbonyl (C=O) groups excluding carboxylic acids is 1. The number of hydrogen-bond donors (Lipinski definition) is 2. The van der Waals surface area contributed by atoms with E-state index < -0.39 is 0 Å². The molecular formula is C17H33NO2. The van der Waals surface area contributed by atoms with Gasteiger partial charge in [0.25, 0.3) is 0 Å². The fourth-order valence-corrected chi connectivity index (χ4v) is 2.24. The number of hydroxylamine groups is 1. The molecule has 0 saturated carbocycles. The van der Waals surface area contributed by atoms with Gasteiger partial charge in [-0.05, 0) is 32.1 Å². The van der Waals surface area contributed by atoms with Crippen LogP contribution < -0.4 is 5.48 Å². The first-order valence-electron chi connectivity index (χ1n) is 8.39.